The topological polar surface area (TPSA) is 78.9 Å². The summed E-state index contributed by atoms with van der Waals surface area (Å²) in [4.78, 5) is 38.4. The average Bonchev–Trinajstić information content (AvgIpc) is 3.45. The molecule has 0 aliphatic carbocycles. The Bertz CT molecular complexity index is 1410. The molecule has 0 spiro atoms. The number of esters is 3. The maximum atomic E-state index is 12.9. The molecule has 0 aliphatic rings. The molecule has 1 atom stereocenters. The molecule has 0 heterocycles. The molecule has 0 amide bonds. The molecule has 0 aromatic carbocycles. The largest absolute Gasteiger partial charge is 0.462 e. The van der Waals surface area contributed by atoms with Gasteiger partial charge in [-0.2, -0.15) is 0 Å². The van der Waals surface area contributed by atoms with E-state index >= 15 is 0 Å². The normalized spacial score (nSPS) is 12.4. The van der Waals surface area contributed by atoms with E-state index in [1.54, 1.807) is 0 Å². The zero-order chi connectivity index (χ0) is 57.1. The summed E-state index contributed by atoms with van der Waals surface area (Å²) in [6, 6.07) is 0. The number of hydrogen-bond donors (Lipinski definition) is 0. The Hall–Kier alpha value is -2.89. The Morgan fingerprint density at radius 2 is 0.481 bits per heavy atom. The molecule has 79 heavy (non-hydrogen) atoms. The van der Waals surface area contributed by atoms with Crippen molar-refractivity contribution in [1.29, 1.82) is 0 Å². The maximum Gasteiger partial charge on any atom is 0.306 e. The fourth-order valence-electron chi connectivity index (χ4n) is 10.3. The number of allylic oxidation sites excluding steroid dienone is 10. The zero-order valence-electron chi connectivity index (χ0n) is 52.9. The van der Waals surface area contributed by atoms with Gasteiger partial charge in [0.2, 0.25) is 0 Å². The average molecular weight is 1110 g/mol. The third kappa shape index (κ3) is 65.8. The lowest BCUT2D eigenvalue weighted by Gasteiger charge is -2.18. The molecule has 1 unspecified atom stereocenters. The van der Waals surface area contributed by atoms with Crippen LogP contribution in [0.4, 0.5) is 0 Å². The van der Waals surface area contributed by atoms with Gasteiger partial charge < -0.3 is 14.2 Å². The van der Waals surface area contributed by atoms with Crippen molar-refractivity contribution in [3.05, 3.63) is 60.8 Å². The molecule has 0 aromatic heterocycles. The van der Waals surface area contributed by atoms with Gasteiger partial charge in [0.15, 0.2) is 6.10 Å². The predicted octanol–water partition coefficient (Wildman–Crippen LogP) is 23.9. The van der Waals surface area contributed by atoms with Crippen molar-refractivity contribution in [1.82, 2.24) is 0 Å². The molecule has 0 saturated carbocycles. The highest BCUT2D eigenvalue weighted by Gasteiger charge is 2.19. The van der Waals surface area contributed by atoms with E-state index in [0.29, 0.717) is 19.3 Å². The van der Waals surface area contributed by atoms with Crippen molar-refractivity contribution in [2.24, 2.45) is 0 Å². The summed E-state index contributed by atoms with van der Waals surface area (Å²) in [5.41, 5.74) is 0. The quantitative estimate of drug-likeness (QED) is 0.0261. The van der Waals surface area contributed by atoms with Crippen molar-refractivity contribution in [3.8, 4) is 0 Å². The van der Waals surface area contributed by atoms with Crippen LogP contribution < -0.4 is 0 Å². The van der Waals surface area contributed by atoms with E-state index in [-0.39, 0.29) is 31.1 Å². The Morgan fingerprint density at radius 1 is 0.253 bits per heavy atom. The van der Waals surface area contributed by atoms with Crippen LogP contribution in [0.2, 0.25) is 0 Å². The molecular formula is C73H132O6. The molecule has 0 radical (unpaired) electrons. The van der Waals surface area contributed by atoms with Gasteiger partial charge in [-0.3, -0.25) is 14.4 Å². The lowest BCUT2D eigenvalue weighted by molar-refractivity contribution is -0.167. The van der Waals surface area contributed by atoms with Crippen LogP contribution in [-0.2, 0) is 28.6 Å². The molecule has 0 fully saturated rings. The summed E-state index contributed by atoms with van der Waals surface area (Å²) in [5, 5.41) is 0. The second-order valence-electron chi connectivity index (χ2n) is 23.4. The van der Waals surface area contributed by atoms with Crippen molar-refractivity contribution in [2.45, 2.75) is 374 Å². The summed E-state index contributed by atoms with van der Waals surface area (Å²) >= 11 is 0. The van der Waals surface area contributed by atoms with Gasteiger partial charge in [-0.15, -0.1) is 0 Å². The molecule has 6 heteroatoms. The van der Waals surface area contributed by atoms with E-state index in [2.05, 4.69) is 81.5 Å². The summed E-state index contributed by atoms with van der Waals surface area (Å²) in [6.07, 6.45) is 86.7. The number of rotatable bonds is 64. The molecule has 0 aliphatic heterocycles. The van der Waals surface area contributed by atoms with Gasteiger partial charge in [0.25, 0.3) is 0 Å². The van der Waals surface area contributed by atoms with Crippen LogP contribution in [0.15, 0.2) is 60.8 Å². The summed E-state index contributed by atoms with van der Waals surface area (Å²) in [6.45, 7) is 6.61. The first-order valence-electron chi connectivity index (χ1n) is 34.8. The third-order valence-corrected chi connectivity index (χ3v) is 15.5. The lowest BCUT2D eigenvalue weighted by Crippen LogP contribution is -2.30. The number of carbonyl (C=O) groups excluding carboxylic acids is 3. The Morgan fingerprint density at radius 3 is 0.759 bits per heavy atom. The first-order valence-corrected chi connectivity index (χ1v) is 34.8. The van der Waals surface area contributed by atoms with E-state index in [1.165, 1.54) is 231 Å². The molecule has 0 N–H and O–H groups in total. The summed E-state index contributed by atoms with van der Waals surface area (Å²) in [5.74, 6) is -0.873. The fraction of sp³-hybridized carbons (Fsp3) is 0.822. The van der Waals surface area contributed by atoms with Crippen LogP contribution in [-0.4, -0.2) is 37.2 Å². The van der Waals surface area contributed by atoms with Crippen molar-refractivity contribution < 1.29 is 28.6 Å². The number of unbranched alkanes of at least 4 members (excludes halogenated alkanes) is 43. The minimum Gasteiger partial charge on any atom is -0.462 e. The van der Waals surface area contributed by atoms with Crippen LogP contribution in [0, 0.1) is 0 Å². The van der Waals surface area contributed by atoms with Gasteiger partial charge in [-0.1, -0.05) is 326 Å². The van der Waals surface area contributed by atoms with Gasteiger partial charge >= 0.3 is 17.9 Å². The Balaban J connectivity index is 4.27. The Kier molecular flexibility index (Phi) is 65.1. The van der Waals surface area contributed by atoms with Crippen LogP contribution in [0.3, 0.4) is 0 Å². The van der Waals surface area contributed by atoms with E-state index in [1.807, 2.05) is 0 Å². The van der Waals surface area contributed by atoms with Crippen LogP contribution in [0.25, 0.3) is 0 Å². The van der Waals surface area contributed by atoms with E-state index in [4.69, 9.17) is 14.2 Å². The minimum atomic E-state index is -0.781. The van der Waals surface area contributed by atoms with Gasteiger partial charge in [0.05, 0.1) is 0 Å². The first-order chi connectivity index (χ1) is 39.0. The van der Waals surface area contributed by atoms with E-state index in [9.17, 15) is 14.4 Å². The monoisotopic (exact) mass is 1110 g/mol. The summed E-state index contributed by atoms with van der Waals surface area (Å²) in [7, 11) is 0. The molecular weight excluding hydrogens is 973 g/mol. The molecule has 0 saturated heterocycles. The lowest BCUT2D eigenvalue weighted by atomic mass is 10.0. The standard InChI is InChI=1S/C73H132O6/c1-4-7-10-13-16-19-22-25-27-29-31-33-35-36-38-39-41-43-45-48-51-54-57-60-63-66-72(75)78-69-70(68-77-71(74)65-62-59-56-53-50-47-24-21-18-15-12-9-6-3)79-73(76)67-64-61-58-55-52-49-46-44-42-40-37-34-32-30-28-26-23-20-17-14-11-8-5-2/h12,15,21-22,24-25,29,31,35-36,70H,4-11,13-14,16-20,23,26-28,30,32-34,37-69H2,1-3H3/b15-12-,24-21-,25-22-,31-29-,36-35-. The molecule has 460 valence electrons. The molecule has 0 rings (SSSR count). The molecule has 0 bridgehead atoms. The summed E-state index contributed by atoms with van der Waals surface area (Å²) < 4.78 is 17.0. The number of carbonyl (C=O) groups is 3. The highest BCUT2D eigenvalue weighted by molar-refractivity contribution is 5.71. The van der Waals surface area contributed by atoms with Gasteiger partial charge in [0.1, 0.15) is 13.2 Å². The van der Waals surface area contributed by atoms with E-state index in [0.717, 1.165) is 96.3 Å². The molecule has 6 nitrogen and oxygen atoms in total. The van der Waals surface area contributed by atoms with Crippen LogP contribution in [0.5, 0.6) is 0 Å². The van der Waals surface area contributed by atoms with Crippen molar-refractivity contribution in [3.63, 3.8) is 0 Å². The van der Waals surface area contributed by atoms with Crippen LogP contribution >= 0.6 is 0 Å². The SMILES string of the molecule is CCC/C=C\C/C=C\CCCCCCCC(=O)OCC(COC(=O)CCCCCCCCCCCC/C=C\C/C=C\C/C=C\CCCCCCC)OC(=O)CCCCCCCCCCCCCCCCCCCCCCCCC. The van der Waals surface area contributed by atoms with Gasteiger partial charge in [-0.05, 0) is 83.5 Å². The second kappa shape index (κ2) is 67.6. The van der Waals surface area contributed by atoms with Gasteiger partial charge in [-0.25, -0.2) is 0 Å². The third-order valence-electron chi connectivity index (χ3n) is 15.5. The first kappa shape index (κ1) is 76.1. The van der Waals surface area contributed by atoms with Crippen LogP contribution in [0.1, 0.15) is 367 Å². The minimum absolute atomic E-state index is 0.0776. The fourth-order valence-corrected chi connectivity index (χ4v) is 10.3. The van der Waals surface area contributed by atoms with E-state index < -0.39 is 6.10 Å². The Labute approximate surface area is 491 Å². The number of ether oxygens (including phenoxy) is 3. The van der Waals surface area contributed by atoms with Crippen molar-refractivity contribution >= 4 is 17.9 Å². The molecule has 0 aromatic rings. The highest BCUT2D eigenvalue weighted by Crippen LogP contribution is 2.18. The highest BCUT2D eigenvalue weighted by atomic mass is 16.6. The van der Waals surface area contributed by atoms with Crippen molar-refractivity contribution in [2.75, 3.05) is 13.2 Å². The van der Waals surface area contributed by atoms with Gasteiger partial charge in [0, 0.05) is 19.3 Å². The zero-order valence-corrected chi connectivity index (χ0v) is 52.9. The second-order valence-corrected chi connectivity index (χ2v) is 23.4. The predicted molar refractivity (Wildman–Crippen MR) is 344 cm³/mol. The number of hydrogen-bond acceptors (Lipinski definition) is 6. The smallest absolute Gasteiger partial charge is 0.306 e. The maximum absolute atomic E-state index is 12.9.